The van der Waals surface area contributed by atoms with Crippen LogP contribution >= 0.6 is 0 Å². The summed E-state index contributed by atoms with van der Waals surface area (Å²) in [6.07, 6.45) is 6.94. The Hall–Kier alpha value is -2.08. The van der Waals surface area contributed by atoms with E-state index < -0.39 is 0 Å². The number of nitriles is 1. The van der Waals surface area contributed by atoms with E-state index in [2.05, 4.69) is 9.97 Å². The molecule has 0 unspecified atom stereocenters. The van der Waals surface area contributed by atoms with Crippen LogP contribution in [0.5, 0.6) is 0 Å². The Balaban J connectivity index is 0.000000145. The van der Waals surface area contributed by atoms with E-state index in [1.807, 2.05) is 30.6 Å². The van der Waals surface area contributed by atoms with Crippen molar-refractivity contribution in [3.05, 3.63) is 54.6 Å². The second-order valence-corrected chi connectivity index (χ2v) is 2.23. The van der Waals surface area contributed by atoms with Gasteiger partial charge in [-0.2, -0.15) is 5.26 Å². The number of nitrogens with zero attached hydrogens (tertiary/aromatic N) is 2. The van der Waals surface area contributed by atoms with Crippen molar-refractivity contribution in [3.63, 3.8) is 0 Å². The SMILES string of the molecule is N#Cc1ccncc1.c1cc[nH]c1. The molecule has 0 aliphatic heterocycles. The Kier molecular flexibility index (Phi) is 3.85. The predicted molar refractivity (Wildman–Crippen MR) is 49.7 cm³/mol. The summed E-state index contributed by atoms with van der Waals surface area (Å²) in [6, 6.07) is 9.21. The Morgan fingerprint density at radius 3 is 2.08 bits per heavy atom. The molecule has 0 aliphatic rings. The second-order valence-electron chi connectivity index (χ2n) is 2.23. The van der Waals surface area contributed by atoms with E-state index in [1.165, 1.54) is 0 Å². The van der Waals surface area contributed by atoms with Crippen molar-refractivity contribution >= 4 is 0 Å². The van der Waals surface area contributed by atoms with Crippen LogP contribution in [0.15, 0.2) is 49.1 Å². The van der Waals surface area contributed by atoms with E-state index in [1.54, 1.807) is 24.5 Å². The Morgan fingerprint density at radius 2 is 1.77 bits per heavy atom. The van der Waals surface area contributed by atoms with Crippen molar-refractivity contribution in [1.82, 2.24) is 9.97 Å². The largest absolute Gasteiger partial charge is 0.368 e. The summed E-state index contributed by atoms with van der Waals surface area (Å²) in [5.74, 6) is 0. The van der Waals surface area contributed by atoms with E-state index >= 15 is 0 Å². The van der Waals surface area contributed by atoms with Crippen LogP contribution in [0.4, 0.5) is 0 Å². The van der Waals surface area contributed by atoms with E-state index in [0.29, 0.717) is 5.56 Å². The average molecular weight is 171 g/mol. The Morgan fingerprint density at radius 1 is 1.15 bits per heavy atom. The van der Waals surface area contributed by atoms with Gasteiger partial charge < -0.3 is 4.98 Å². The molecular weight excluding hydrogens is 162 g/mol. The highest BCUT2D eigenvalue weighted by Crippen LogP contribution is 1.89. The van der Waals surface area contributed by atoms with Gasteiger partial charge in [-0.15, -0.1) is 0 Å². The summed E-state index contributed by atoms with van der Waals surface area (Å²) in [7, 11) is 0. The van der Waals surface area contributed by atoms with Gasteiger partial charge in [-0.25, -0.2) is 0 Å². The fourth-order valence-corrected chi connectivity index (χ4v) is 0.704. The number of pyridine rings is 1. The number of rotatable bonds is 0. The topological polar surface area (TPSA) is 52.5 Å². The molecule has 13 heavy (non-hydrogen) atoms. The number of hydrogen-bond donors (Lipinski definition) is 1. The van der Waals surface area contributed by atoms with Crippen LogP contribution in [0, 0.1) is 11.3 Å². The summed E-state index contributed by atoms with van der Waals surface area (Å²) in [5.41, 5.74) is 0.653. The van der Waals surface area contributed by atoms with Gasteiger partial charge in [0.1, 0.15) is 0 Å². The molecule has 2 heterocycles. The van der Waals surface area contributed by atoms with Crippen molar-refractivity contribution in [2.75, 3.05) is 0 Å². The number of hydrogen-bond acceptors (Lipinski definition) is 2. The van der Waals surface area contributed by atoms with Gasteiger partial charge in [-0.3, -0.25) is 4.98 Å². The molecule has 3 heteroatoms. The number of aromatic nitrogens is 2. The molecular formula is C10H9N3. The van der Waals surface area contributed by atoms with Crippen LogP contribution < -0.4 is 0 Å². The number of nitrogens with one attached hydrogen (secondary N) is 1. The zero-order valence-electron chi connectivity index (χ0n) is 7.01. The molecule has 64 valence electrons. The predicted octanol–water partition coefficient (Wildman–Crippen LogP) is 1.97. The van der Waals surface area contributed by atoms with Crippen LogP contribution in [0.1, 0.15) is 5.56 Å². The van der Waals surface area contributed by atoms with Crippen LogP contribution in [0.25, 0.3) is 0 Å². The molecule has 0 radical (unpaired) electrons. The molecule has 2 rings (SSSR count). The maximum Gasteiger partial charge on any atom is 0.0992 e. The highest BCUT2D eigenvalue weighted by molar-refractivity contribution is 5.24. The van der Waals surface area contributed by atoms with Crippen LogP contribution in [-0.4, -0.2) is 9.97 Å². The van der Waals surface area contributed by atoms with Crippen molar-refractivity contribution in [3.8, 4) is 6.07 Å². The minimum atomic E-state index is 0.653. The van der Waals surface area contributed by atoms with Gasteiger partial charge in [0, 0.05) is 24.8 Å². The van der Waals surface area contributed by atoms with Crippen molar-refractivity contribution in [1.29, 1.82) is 5.26 Å². The highest BCUT2D eigenvalue weighted by Gasteiger charge is 1.80. The first kappa shape index (κ1) is 9.01. The van der Waals surface area contributed by atoms with E-state index in [4.69, 9.17) is 5.26 Å². The molecule has 2 aromatic heterocycles. The molecule has 0 saturated heterocycles. The lowest BCUT2D eigenvalue weighted by molar-refractivity contribution is 1.31. The summed E-state index contributed by atoms with van der Waals surface area (Å²) >= 11 is 0. The van der Waals surface area contributed by atoms with Gasteiger partial charge in [-0.1, -0.05) is 0 Å². The molecule has 0 spiro atoms. The maximum absolute atomic E-state index is 8.26. The van der Waals surface area contributed by atoms with Gasteiger partial charge in [0.25, 0.3) is 0 Å². The molecule has 0 saturated carbocycles. The molecule has 0 bridgehead atoms. The maximum atomic E-state index is 8.26. The first-order valence-electron chi connectivity index (χ1n) is 3.81. The van der Waals surface area contributed by atoms with E-state index in [-0.39, 0.29) is 0 Å². The minimum Gasteiger partial charge on any atom is -0.368 e. The highest BCUT2D eigenvalue weighted by atomic mass is 14.6. The number of H-pyrrole nitrogens is 1. The summed E-state index contributed by atoms with van der Waals surface area (Å²) in [4.78, 5) is 6.60. The lowest BCUT2D eigenvalue weighted by Gasteiger charge is -1.79. The third kappa shape index (κ3) is 3.73. The zero-order chi connectivity index (χ0) is 9.36. The third-order valence-corrected chi connectivity index (χ3v) is 1.31. The van der Waals surface area contributed by atoms with E-state index in [9.17, 15) is 0 Å². The third-order valence-electron chi connectivity index (χ3n) is 1.31. The normalized spacial score (nSPS) is 7.92. The smallest absolute Gasteiger partial charge is 0.0992 e. The molecule has 0 aromatic carbocycles. The molecule has 1 N–H and O–H groups in total. The Bertz CT molecular complexity index is 328. The van der Waals surface area contributed by atoms with Gasteiger partial charge >= 0.3 is 0 Å². The summed E-state index contributed by atoms with van der Waals surface area (Å²) in [5, 5.41) is 8.26. The van der Waals surface area contributed by atoms with Crippen LogP contribution in [0.2, 0.25) is 0 Å². The Labute approximate surface area is 76.7 Å². The average Bonchev–Trinajstić information content (AvgIpc) is 2.77. The van der Waals surface area contributed by atoms with Crippen LogP contribution in [-0.2, 0) is 0 Å². The molecule has 0 atom stereocenters. The standard InChI is InChI=1S/C6H4N2.C4H5N/c7-5-6-1-3-8-4-2-6;1-2-4-5-3-1/h1-4H;1-5H. The summed E-state index contributed by atoms with van der Waals surface area (Å²) in [6.45, 7) is 0. The molecule has 2 aromatic rings. The van der Waals surface area contributed by atoms with Gasteiger partial charge in [-0.05, 0) is 24.3 Å². The van der Waals surface area contributed by atoms with Gasteiger partial charge in [0.2, 0.25) is 0 Å². The lowest BCUT2D eigenvalue weighted by Crippen LogP contribution is -1.71. The minimum absolute atomic E-state index is 0.653. The quantitative estimate of drug-likeness (QED) is 0.658. The molecule has 0 amide bonds. The van der Waals surface area contributed by atoms with Gasteiger partial charge in [0.15, 0.2) is 0 Å². The van der Waals surface area contributed by atoms with Crippen molar-refractivity contribution in [2.24, 2.45) is 0 Å². The fraction of sp³-hybridized carbons (Fsp3) is 0. The second kappa shape index (κ2) is 5.56. The number of aromatic amines is 1. The summed E-state index contributed by atoms with van der Waals surface area (Å²) < 4.78 is 0. The molecule has 0 fully saturated rings. The van der Waals surface area contributed by atoms with Crippen molar-refractivity contribution < 1.29 is 0 Å². The first-order valence-corrected chi connectivity index (χ1v) is 3.81. The van der Waals surface area contributed by atoms with Crippen LogP contribution in [0.3, 0.4) is 0 Å². The fourth-order valence-electron chi connectivity index (χ4n) is 0.704. The monoisotopic (exact) mass is 171 g/mol. The first-order chi connectivity index (χ1) is 6.43. The molecule has 0 aliphatic carbocycles. The van der Waals surface area contributed by atoms with Gasteiger partial charge in [0.05, 0.1) is 11.6 Å². The van der Waals surface area contributed by atoms with E-state index in [0.717, 1.165) is 0 Å². The zero-order valence-corrected chi connectivity index (χ0v) is 7.01. The molecule has 3 nitrogen and oxygen atoms in total. The lowest BCUT2D eigenvalue weighted by atomic mass is 10.3. The van der Waals surface area contributed by atoms with Crippen molar-refractivity contribution in [2.45, 2.75) is 0 Å².